The summed E-state index contributed by atoms with van der Waals surface area (Å²) in [7, 11) is 0. The number of benzene rings is 3. The molecule has 182 valence electrons. The summed E-state index contributed by atoms with van der Waals surface area (Å²) < 4.78 is 94.9. The number of halogens is 6. The number of hydrogen-bond donors (Lipinski definition) is 0. The SMILES string of the molecule is CCCc1ccc(-c2ccc(OC(F)(F)c3c(C)cc(OCC)c(F)c3C(F)(F)F)cc2)cc1. The summed E-state index contributed by atoms with van der Waals surface area (Å²) in [5.74, 6) is -3.01. The highest BCUT2D eigenvalue weighted by Gasteiger charge is 2.49. The molecular formula is C26H24F6O2. The summed E-state index contributed by atoms with van der Waals surface area (Å²) in [6.45, 7) is 4.41. The Morgan fingerprint density at radius 3 is 1.85 bits per heavy atom. The molecule has 3 aromatic carbocycles. The number of rotatable bonds is 8. The lowest BCUT2D eigenvalue weighted by Crippen LogP contribution is -2.29. The van der Waals surface area contributed by atoms with Crippen LogP contribution in [0.15, 0.2) is 54.6 Å². The van der Waals surface area contributed by atoms with Crippen molar-refractivity contribution in [2.45, 2.75) is 45.9 Å². The Labute approximate surface area is 194 Å². The van der Waals surface area contributed by atoms with Crippen molar-refractivity contribution in [1.82, 2.24) is 0 Å². The van der Waals surface area contributed by atoms with Crippen LogP contribution in [0.2, 0.25) is 0 Å². The van der Waals surface area contributed by atoms with Crippen LogP contribution in [0.1, 0.15) is 42.5 Å². The van der Waals surface area contributed by atoms with Crippen LogP contribution in [-0.2, 0) is 18.7 Å². The standard InChI is InChI=1S/C26H24F6O2/c1-4-6-17-7-9-18(10-8-17)19-11-13-20(14-12-19)34-26(31,32)22-16(3)15-21(33-5-2)24(27)23(22)25(28,29)30/h7-15H,4-6H2,1-3H3. The van der Waals surface area contributed by atoms with Crippen LogP contribution in [0.4, 0.5) is 26.3 Å². The molecule has 0 amide bonds. The van der Waals surface area contributed by atoms with E-state index in [9.17, 15) is 17.6 Å². The number of aryl methyl sites for hydroxylation is 2. The van der Waals surface area contributed by atoms with Gasteiger partial charge >= 0.3 is 12.3 Å². The van der Waals surface area contributed by atoms with Gasteiger partial charge < -0.3 is 9.47 Å². The number of hydrogen-bond acceptors (Lipinski definition) is 2. The van der Waals surface area contributed by atoms with Crippen LogP contribution in [0, 0.1) is 12.7 Å². The van der Waals surface area contributed by atoms with E-state index >= 15 is 8.78 Å². The Bertz CT molecular complexity index is 1120. The average molecular weight is 482 g/mol. The molecule has 34 heavy (non-hydrogen) atoms. The monoisotopic (exact) mass is 482 g/mol. The van der Waals surface area contributed by atoms with Crippen molar-refractivity contribution < 1.29 is 35.8 Å². The van der Waals surface area contributed by atoms with E-state index in [0.29, 0.717) is 0 Å². The van der Waals surface area contributed by atoms with Crippen molar-refractivity contribution in [3.8, 4) is 22.6 Å². The van der Waals surface area contributed by atoms with Crippen molar-refractivity contribution in [3.63, 3.8) is 0 Å². The molecule has 0 atom stereocenters. The minimum absolute atomic E-state index is 0.131. The van der Waals surface area contributed by atoms with Gasteiger partial charge in [0.05, 0.1) is 12.2 Å². The molecule has 3 aromatic rings. The predicted octanol–water partition coefficient (Wildman–Crippen LogP) is 8.30. The molecule has 0 bridgehead atoms. The smallest absolute Gasteiger partial charge is 0.427 e. The zero-order valence-corrected chi connectivity index (χ0v) is 18.9. The van der Waals surface area contributed by atoms with Crippen LogP contribution in [0.25, 0.3) is 11.1 Å². The predicted molar refractivity (Wildman–Crippen MR) is 118 cm³/mol. The molecule has 0 N–H and O–H groups in total. The third kappa shape index (κ3) is 5.48. The highest BCUT2D eigenvalue weighted by Crippen LogP contribution is 2.46. The van der Waals surface area contributed by atoms with Crippen molar-refractivity contribution in [1.29, 1.82) is 0 Å². The van der Waals surface area contributed by atoms with Gasteiger partial charge in [0.2, 0.25) is 0 Å². The summed E-state index contributed by atoms with van der Waals surface area (Å²) in [5, 5.41) is 0. The van der Waals surface area contributed by atoms with E-state index in [1.54, 1.807) is 0 Å². The van der Waals surface area contributed by atoms with Crippen LogP contribution in [0.3, 0.4) is 0 Å². The van der Waals surface area contributed by atoms with Gasteiger partial charge in [0, 0.05) is 0 Å². The second kappa shape index (κ2) is 9.99. The Morgan fingerprint density at radius 2 is 1.35 bits per heavy atom. The molecule has 2 nitrogen and oxygen atoms in total. The minimum Gasteiger partial charge on any atom is -0.491 e. The fraction of sp³-hybridized carbons (Fsp3) is 0.308. The summed E-state index contributed by atoms with van der Waals surface area (Å²) >= 11 is 0. The average Bonchev–Trinajstić information content (AvgIpc) is 2.76. The van der Waals surface area contributed by atoms with Gasteiger partial charge in [0.1, 0.15) is 11.3 Å². The Balaban J connectivity index is 1.93. The molecule has 0 unspecified atom stereocenters. The molecule has 0 saturated carbocycles. The number of alkyl halides is 5. The normalized spacial score (nSPS) is 12.0. The molecule has 0 radical (unpaired) electrons. The maximum absolute atomic E-state index is 15.0. The third-order valence-electron chi connectivity index (χ3n) is 5.23. The fourth-order valence-electron chi connectivity index (χ4n) is 3.73. The molecule has 0 aliphatic heterocycles. The number of ether oxygens (including phenoxy) is 2. The first-order chi connectivity index (χ1) is 16.0. The van der Waals surface area contributed by atoms with Crippen LogP contribution in [0.5, 0.6) is 11.5 Å². The second-order valence-electron chi connectivity index (χ2n) is 7.78. The largest absolute Gasteiger partial charge is 0.491 e. The highest BCUT2D eigenvalue weighted by atomic mass is 19.4. The zero-order valence-electron chi connectivity index (χ0n) is 18.9. The zero-order chi connectivity index (χ0) is 25.1. The van der Waals surface area contributed by atoms with E-state index in [4.69, 9.17) is 4.74 Å². The third-order valence-corrected chi connectivity index (χ3v) is 5.23. The molecule has 0 aliphatic carbocycles. The van der Waals surface area contributed by atoms with Crippen molar-refractivity contribution >= 4 is 0 Å². The minimum atomic E-state index is -5.39. The first-order valence-electron chi connectivity index (χ1n) is 10.8. The summed E-state index contributed by atoms with van der Waals surface area (Å²) in [6.07, 6.45) is -7.90. The van der Waals surface area contributed by atoms with Crippen molar-refractivity contribution in [2.75, 3.05) is 6.61 Å². The maximum Gasteiger partial charge on any atom is 0.427 e. The molecule has 0 aliphatic rings. The molecule has 0 aromatic heterocycles. The van der Waals surface area contributed by atoms with E-state index in [0.717, 1.165) is 37.0 Å². The Hall–Kier alpha value is -3.16. The lowest BCUT2D eigenvalue weighted by atomic mass is 9.98. The van der Waals surface area contributed by atoms with E-state index in [2.05, 4.69) is 11.7 Å². The van der Waals surface area contributed by atoms with Gasteiger partial charge in [0.25, 0.3) is 0 Å². The van der Waals surface area contributed by atoms with E-state index in [1.807, 2.05) is 24.3 Å². The van der Waals surface area contributed by atoms with Crippen molar-refractivity contribution in [3.05, 3.63) is 82.7 Å². The van der Waals surface area contributed by atoms with Crippen LogP contribution < -0.4 is 9.47 Å². The van der Waals surface area contributed by atoms with Gasteiger partial charge in [-0.1, -0.05) is 49.7 Å². The van der Waals surface area contributed by atoms with Gasteiger partial charge in [-0.2, -0.15) is 22.0 Å². The van der Waals surface area contributed by atoms with E-state index in [-0.39, 0.29) is 12.4 Å². The molecule has 0 fully saturated rings. The van der Waals surface area contributed by atoms with E-state index in [1.165, 1.54) is 36.8 Å². The van der Waals surface area contributed by atoms with Crippen LogP contribution >= 0.6 is 0 Å². The van der Waals surface area contributed by atoms with Gasteiger partial charge in [0.15, 0.2) is 11.6 Å². The molecule has 0 heterocycles. The van der Waals surface area contributed by atoms with Gasteiger partial charge in [-0.05, 0) is 60.7 Å². The molecule has 0 spiro atoms. The van der Waals surface area contributed by atoms with Gasteiger partial charge in [-0.3, -0.25) is 0 Å². The van der Waals surface area contributed by atoms with Gasteiger partial charge in [-0.25, -0.2) is 4.39 Å². The summed E-state index contributed by atoms with van der Waals surface area (Å²) in [5.41, 5.74) is -1.46. The topological polar surface area (TPSA) is 18.5 Å². The van der Waals surface area contributed by atoms with Crippen molar-refractivity contribution in [2.24, 2.45) is 0 Å². The van der Waals surface area contributed by atoms with E-state index < -0.39 is 40.5 Å². The summed E-state index contributed by atoms with van der Waals surface area (Å²) in [6, 6.07) is 14.1. The first-order valence-corrected chi connectivity index (χ1v) is 10.8. The highest BCUT2D eigenvalue weighted by molar-refractivity contribution is 5.64. The first kappa shape index (κ1) is 25.5. The van der Waals surface area contributed by atoms with Gasteiger partial charge in [-0.15, -0.1) is 0 Å². The van der Waals surface area contributed by atoms with Crippen LogP contribution in [-0.4, -0.2) is 6.61 Å². The fourth-order valence-corrected chi connectivity index (χ4v) is 3.73. The lowest BCUT2D eigenvalue weighted by molar-refractivity contribution is -0.196. The second-order valence-corrected chi connectivity index (χ2v) is 7.78. The molecular weight excluding hydrogens is 458 g/mol. The molecule has 3 rings (SSSR count). The quantitative estimate of drug-likeness (QED) is 0.301. The Morgan fingerprint density at radius 1 is 0.794 bits per heavy atom. The Kier molecular flexibility index (Phi) is 7.48. The summed E-state index contributed by atoms with van der Waals surface area (Å²) in [4.78, 5) is 0. The maximum atomic E-state index is 15.0. The lowest BCUT2D eigenvalue weighted by Gasteiger charge is -2.25. The molecule has 8 heteroatoms. The molecule has 0 saturated heterocycles.